The maximum atomic E-state index is 6.13. The minimum absolute atomic E-state index is 0.104. The van der Waals surface area contributed by atoms with Crippen molar-refractivity contribution in [1.29, 1.82) is 0 Å². The van der Waals surface area contributed by atoms with Crippen LogP contribution in [0.5, 0.6) is 5.88 Å². The molecule has 0 N–H and O–H groups in total. The third-order valence-corrected chi connectivity index (χ3v) is 4.66. The summed E-state index contributed by atoms with van der Waals surface area (Å²) in [7, 11) is 1.58. The van der Waals surface area contributed by atoms with E-state index >= 15 is 0 Å². The molecular weight excluding hydrogens is 352 g/mol. The third-order valence-electron chi connectivity index (χ3n) is 4.47. The van der Waals surface area contributed by atoms with E-state index in [2.05, 4.69) is 36.7 Å². The van der Waals surface area contributed by atoms with Crippen LogP contribution in [0.2, 0.25) is 5.15 Å². The molecule has 0 saturated heterocycles. The van der Waals surface area contributed by atoms with Gasteiger partial charge in [-0.05, 0) is 19.1 Å². The molecule has 1 unspecified atom stereocenters. The number of aromatic nitrogens is 5. The average Bonchev–Trinajstić information content (AvgIpc) is 2.68. The second-order valence-electron chi connectivity index (χ2n) is 5.98. The van der Waals surface area contributed by atoms with Crippen molar-refractivity contribution >= 4 is 17.3 Å². The summed E-state index contributed by atoms with van der Waals surface area (Å²) in [5, 5.41) is 0.408. The zero-order valence-corrected chi connectivity index (χ0v) is 15.2. The van der Waals surface area contributed by atoms with Gasteiger partial charge in [-0.25, -0.2) is 24.9 Å². The summed E-state index contributed by atoms with van der Waals surface area (Å²) in [6.45, 7) is 2.94. The molecule has 0 fully saturated rings. The lowest BCUT2D eigenvalue weighted by Gasteiger charge is -2.36. The Morgan fingerprint density at radius 3 is 2.69 bits per heavy atom. The molecule has 4 heterocycles. The van der Waals surface area contributed by atoms with Gasteiger partial charge in [0.25, 0.3) is 0 Å². The smallest absolute Gasteiger partial charge is 0.216 e. The first-order valence-electron chi connectivity index (χ1n) is 8.27. The number of methoxy groups -OCH3 is 1. The first-order valence-corrected chi connectivity index (χ1v) is 8.65. The van der Waals surface area contributed by atoms with E-state index in [-0.39, 0.29) is 6.04 Å². The number of halogens is 1. The van der Waals surface area contributed by atoms with Gasteiger partial charge in [-0.2, -0.15) is 0 Å². The number of hydrogen-bond donors (Lipinski definition) is 0. The molecule has 0 radical (unpaired) electrons. The van der Waals surface area contributed by atoms with Crippen molar-refractivity contribution in [3.05, 3.63) is 53.2 Å². The molecule has 132 valence electrons. The minimum atomic E-state index is 0.104. The van der Waals surface area contributed by atoms with Crippen molar-refractivity contribution in [2.75, 3.05) is 18.6 Å². The number of ether oxygens (including phenoxy) is 1. The monoisotopic (exact) mass is 368 g/mol. The van der Waals surface area contributed by atoms with Gasteiger partial charge in [0.15, 0.2) is 11.6 Å². The summed E-state index contributed by atoms with van der Waals surface area (Å²) in [4.78, 5) is 24.0. The quantitative estimate of drug-likeness (QED) is 0.657. The minimum Gasteiger partial charge on any atom is -0.481 e. The predicted octanol–water partition coefficient (Wildman–Crippen LogP) is 3.11. The van der Waals surface area contributed by atoms with Gasteiger partial charge in [0, 0.05) is 48.9 Å². The molecule has 0 spiro atoms. The average molecular weight is 369 g/mol. The Balaban J connectivity index is 1.67. The lowest BCUT2D eigenvalue weighted by molar-refractivity contribution is 0.397. The molecule has 1 aliphatic rings. The molecule has 0 saturated carbocycles. The summed E-state index contributed by atoms with van der Waals surface area (Å²) in [6.07, 6.45) is 6.04. The summed E-state index contributed by atoms with van der Waals surface area (Å²) < 4.78 is 5.24. The number of rotatable bonds is 3. The highest BCUT2D eigenvalue weighted by Gasteiger charge is 2.27. The van der Waals surface area contributed by atoms with E-state index in [1.54, 1.807) is 25.6 Å². The second-order valence-corrected chi connectivity index (χ2v) is 6.37. The van der Waals surface area contributed by atoms with Crippen LogP contribution in [0.25, 0.3) is 11.6 Å². The van der Waals surface area contributed by atoms with Crippen molar-refractivity contribution < 1.29 is 4.74 Å². The lowest BCUT2D eigenvalue weighted by Crippen LogP contribution is -2.34. The molecule has 4 rings (SSSR count). The molecule has 8 heteroatoms. The first kappa shape index (κ1) is 16.7. The fraction of sp³-hybridized carbons (Fsp3) is 0.278. The van der Waals surface area contributed by atoms with E-state index in [9.17, 15) is 0 Å². The Labute approximate surface area is 156 Å². The van der Waals surface area contributed by atoms with Crippen LogP contribution in [0.3, 0.4) is 0 Å². The van der Waals surface area contributed by atoms with Crippen molar-refractivity contribution in [3.63, 3.8) is 0 Å². The van der Waals surface area contributed by atoms with E-state index in [0.717, 1.165) is 29.9 Å². The zero-order chi connectivity index (χ0) is 18.1. The molecule has 0 aliphatic carbocycles. The maximum absolute atomic E-state index is 6.13. The van der Waals surface area contributed by atoms with Gasteiger partial charge in [0.05, 0.1) is 18.8 Å². The van der Waals surface area contributed by atoms with Crippen LogP contribution < -0.4 is 9.64 Å². The van der Waals surface area contributed by atoms with Gasteiger partial charge in [-0.15, -0.1) is 0 Å². The summed E-state index contributed by atoms with van der Waals surface area (Å²) >= 11 is 6.13. The van der Waals surface area contributed by atoms with E-state index in [1.165, 1.54) is 0 Å². The molecule has 1 atom stereocenters. The Kier molecular flexibility index (Phi) is 4.38. The van der Waals surface area contributed by atoms with E-state index in [1.807, 2.05) is 18.3 Å². The van der Waals surface area contributed by atoms with Crippen molar-refractivity contribution in [2.45, 2.75) is 19.4 Å². The Hall–Kier alpha value is -2.80. The molecule has 7 nitrogen and oxygen atoms in total. The van der Waals surface area contributed by atoms with Crippen LogP contribution in [0.1, 0.15) is 24.2 Å². The summed E-state index contributed by atoms with van der Waals surface area (Å²) in [5.74, 6) is 1.59. The molecular formula is C18H17ClN6O. The van der Waals surface area contributed by atoms with Crippen molar-refractivity contribution in [1.82, 2.24) is 24.9 Å². The standard InChI is InChI=1S/C18H17ClN6O/c1-11-13-10-22-18(17-20-5-3-6-21-17)23-14(13)4-7-25(11)12-8-15(19)24-16(9-12)26-2/h3,5-6,8-11H,4,7H2,1-2H3. The summed E-state index contributed by atoms with van der Waals surface area (Å²) in [5.41, 5.74) is 3.08. The van der Waals surface area contributed by atoms with Gasteiger partial charge < -0.3 is 9.64 Å². The molecule has 0 aromatic carbocycles. The highest BCUT2D eigenvalue weighted by molar-refractivity contribution is 6.29. The molecule has 3 aromatic rings. The number of hydrogen-bond acceptors (Lipinski definition) is 7. The first-order chi connectivity index (χ1) is 12.7. The van der Waals surface area contributed by atoms with Crippen molar-refractivity contribution in [2.24, 2.45) is 0 Å². The molecule has 3 aromatic heterocycles. The second kappa shape index (κ2) is 6.84. The van der Waals surface area contributed by atoms with Crippen LogP contribution in [0, 0.1) is 0 Å². The maximum Gasteiger partial charge on any atom is 0.216 e. The summed E-state index contributed by atoms with van der Waals surface area (Å²) in [6, 6.07) is 5.61. The highest BCUT2D eigenvalue weighted by Crippen LogP contribution is 2.35. The van der Waals surface area contributed by atoms with Crippen LogP contribution >= 0.6 is 11.6 Å². The predicted molar refractivity (Wildman–Crippen MR) is 98.3 cm³/mol. The SMILES string of the molecule is COc1cc(N2CCc3nc(-c4ncccn4)ncc3C2C)cc(Cl)n1. The zero-order valence-electron chi connectivity index (χ0n) is 14.4. The number of nitrogens with zero attached hydrogens (tertiary/aromatic N) is 6. The fourth-order valence-electron chi connectivity index (χ4n) is 3.17. The highest BCUT2D eigenvalue weighted by atomic mass is 35.5. The largest absolute Gasteiger partial charge is 0.481 e. The van der Waals surface area contributed by atoms with E-state index in [0.29, 0.717) is 22.7 Å². The van der Waals surface area contributed by atoms with Crippen LogP contribution in [-0.4, -0.2) is 38.6 Å². The lowest BCUT2D eigenvalue weighted by atomic mass is 9.99. The van der Waals surface area contributed by atoms with Crippen LogP contribution in [0.15, 0.2) is 36.8 Å². The Morgan fingerprint density at radius 1 is 1.12 bits per heavy atom. The van der Waals surface area contributed by atoms with Gasteiger partial charge in [0.1, 0.15) is 5.15 Å². The van der Waals surface area contributed by atoms with Crippen molar-refractivity contribution in [3.8, 4) is 17.5 Å². The van der Waals surface area contributed by atoms with Gasteiger partial charge in [-0.3, -0.25) is 0 Å². The number of fused-ring (bicyclic) bond motifs is 1. The van der Waals surface area contributed by atoms with E-state index < -0.39 is 0 Å². The topological polar surface area (TPSA) is 76.9 Å². The van der Waals surface area contributed by atoms with Gasteiger partial charge in [-0.1, -0.05) is 11.6 Å². The fourth-order valence-corrected chi connectivity index (χ4v) is 3.36. The third kappa shape index (κ3) is 3.06. The molecule has 1 aliphatic heterocycles. The normalized spacial score (nSPS) is 16.3. The van der Waals surface area contributed by atoms with E-state index in [4.69, 9.17) is 16.3 Å². The van der Waals surface area contributed by atoms with Gasteiger partial charge >= 0.3 is 0 Å². The van der Waals surface area contributed by atoms with Gasteiger partial charge in [0.2, 0.25) is 5.88 Å². The van der Waals surface area contributed by atoms with Crippen LogP contribution in [0.4, 0.5) is 5.69 Å². The number of pyridine rings is 1. The molecule has 0 amide bonds. The Bertz CT molecular complexity index is 936. The Morgan fingerprint density at radius 2 is 1.92 bits per heavy atom. The molecule has 26 heavy (non-hydrogen) atoms. The van der Waals surface area contributed by atoms with Crippen LogP contribution in [-0.2, 0) is 6.42 Å². The molecule has 0 bridgehead atoms. The number of anilines is 1.